The van der Waals surface area contributed by atoms with Gasteiger partial charge >= 0.3 is 6.18 Å². The van der Waals surface area contributed by atoms with Crippen LogP contribution < -0.4 is 16.0 Å². The number of aromatic nitrogens is 2. The number of alkyl halides is 3. The molecule has 0 radical (unpaired) electrons. The molecule has 0 aliphatic carbocycles. The quantitative estimate of drug-likeness (QED) is 0.510. The highest BCUT2D eigenvalue weighted by Gasteiger charge is 2.35. The van der Waals surface area contributed by atoms with E-state index in [2.05, 4.69) is 5.10 Å². The number of rotatable bonds is 4. The van der Waals surface area contributed by atoms with Gasteiger partial charge in [-0.3, -0.25) is 10.2 Å². The Kier molecular flexibility index (Phi) is 4.36. The normalized spacial score (nSPS) is 11.3. The Balaban J connectivity index is 2.39. The monoisotopic (exact) mass is 314 g/mol. The Morgan fingerprint density at radius 1 is 1.36 bits per heavy atom. The van der Waals surface area contributed by atoms with Gasteiger partial charge in [0.1, 0.15) is 0 Å². The highest BCUT2D eigenvalue weighted by atomic mass is 19.4. The van der Waals surface area contributed by atoms with E-state index in [1.807, 2.05) is 12.3 Å². The van der Waals surface area contributed by atoms with Gasteiger partial charge in [0.15, 0.2) is 12.3 Å². The van der Waals surface area contributed by atoms with Crippen molar-refractivity contribution in [2.24, 2.45) is 5.84 Å². The van der Waals surface area contributed by atoms with Gasteiger partial charge in [0.05, 0.1) is 5.69 Å². The van der Waals surface area contributed by atoms with Crippen molar-refractivity contribution in [3.05, 3.63) is 41.6 Å². The summed E-state index contributed by atoms with van der Waals surface area (Å²) in [5.74, 6) is 4.01. The van der Waals surface area contributed by atoms with Crippen molar-refractivity contribution in [3.63, 3.8) is 0 Å². The van der Waals surface area contributed by atoms with Crippen molar-refractivity contribution in [1.82, 2.24) is 15.2 Å². The van der Waals surface area contributed by atoms with Crippen LogP contribution in [-0.2, 0) is 11.0 Å². The SMILES string of the molecule is Cc1ccc(-n2nc(C(F)(F)F)cc2OCC(=O)NN)cc1. The van der Waals surface area contributed by atoms with Crippen LogP contribution in [0.1, 0.15) is 11.3 Å². The Morgan fingerprint density at radius 2 is 2.00 bits per heavy atom. The van der Waals surface area contributed by atoms with E-state index in [0.29, 0.717) is 5.69 Å². The highest BCUT2D eigenvalue weighted by Crippen LogP contribution is 2.32. The highest BCUT2D eigenvalue weighted by molar-refractivity contribution is 5.76. The molecule has 0 aliphatic rings. The molecule has 22 heavy (non-hydrogen) atoms. The zero-order valence-electron chi connectivity index (χ0n) is 11.5. The number of carbonyl (C=O) groups excluding carboxylic acids is 1. The molecule has 1 amide bonds. The number of hydrogen-bond acceptors (Lipinski definition) is 4. The molecule has 1 aromatic heterocycles. The number of ether oxygens (including phenoxy) is 1. The van der Waals surface area contributed by atoms with Crippen LogP contribution >= 0.6 is 0 Å². The lowest BCUT2D eigenvalue weighted by Gasteiger charge is -2.08. The zero-order chi connectivity index (χ0) is 16.3. The van der Waals surface area contributed by atoms with E-state index >= 15 is 0 Å². The van der Waals surface area contributed by atoms with E-state index in [-0.39, 0.29) is 5.88 Å². The first-order chi connectivity index (χ1) is 10.3. The molecule has 6 nitrogen and oxygen atoms in total. The second-order valence-corrected chi connectivity index (χ2v) is 4.47. The standard InChI is InChI=1S/C13H13F3N4O2/c1-8-2-4-9(5-3-8)20-12(22-7-11(21)18-17)6-10(19-20)13(14,15)16/h2-6H,7,17H2,1H3,(H,18,21). The van der Waals surface area contributed by atoms with Gasteiger partial charge in [-0.1, -0.05) is 17.7 Å². The number of halogens is 3. The zero-order valence-corrected chi connectivity index (χ0v) is 11.5. The Hall–Kier alpha value is -2.55. The van der Waals surface area contributed by atoms with Gasteiger partial charge in [0, 0.05) is 6.07 Å². The maximum absolute atomic E-state index is 12.8. The number of amides is 1. The predicted octanol–water partition coefficient (Wildman–Crippen LogP) is 1.57. The molecule has 0 bridgehead atoms. The Labute approximate surface area is 123 Å². The molecule has 0 spiro atoms. The summed E-state index contributed by atoms with van der Waals surface area (Å²) in [6.45, 7) is 1.32. The summed E-state index contributed by atoms with van der Waals surface area (Å²) in [5.41, 5.74) is 2.03. The third-order valence-electron chi connectivity index (χ3n) is 2.76. The predicted molar refractivity (Wildman–Crippen MR) is 71.1 cm³/mol. The Bertz CT molecular complexity index is 665. The number of benzene rings is 1. The summed E-state index contributed by atoms with van der Waals surface area (Å²) >= 11 is 0. The molecule has 2 rings (SSSR count). The van der Waals surface area contributed by atoms with Gasteiger partial charge in [-0.15, -0.1) is 0 Å². The van der Waals surface area contributed by atoms with Gasteiger partial charge in [-0.25, -0.2) is 10.5 Å². The van der Waals surface area contributed by atoms with Crippen LogP contribution in [0.3, 0.4) is 0 Å². The third kappa shape index (κ3) is 3.55. The molecule has 2 aromatic rings. The summed E-state index contributed by atoms with van der Waals surface area (Å²) in [5, 5.41) is 3.49. The first-order valence-electron chi connectivity index (χ1n) is 6.18. The minimum Gasteiger partial charge on any atom is -0.467 e. The molecule has 0 aliphatic heterocycles. The van der Waals surface area contributed by atoms with Crippen LogP contribution in [0, 0.1) is 6.92 Å². The molecule has 0 fully saturated rings. The van der Waals surface area contributed by atoms with Crippen molar-refractivity contribution in [3.8, 4) is 11.6 Å². The number of hydrazine groups is 1. The lowest BCUT2D eigenvalue weighted by Crippen LogP contribution is -2.34. The van der Waals surface area contributed by atoms with Crippen LogP contribution in [0.4, 0.5) is 13.2 Å². The van der Waals surface area contributed by atoms with Crippen LogP contribution in [0.5, 0.6) is 5.88 Å². The molecule has 9 heteroatoms. The van der Waals surface area contributed by atoms with Gasteiger partial charge in [-0.05, 0) is 19.1 Å². The van der Waals surface area contributed by atoms with Crippen molar-refractivity contribution in [1.29, 1.82) is 0 Å². The van der Waals surface area contributed by atoms with Crippen molar-refractivity contribution < 1.29 is 22.7 Å². The smallest absolute Gasteiger partial charge is 0.435 e. The average Bonchev–Trinajstić information content (AvgIpc) is 2.90. The van der Waals surface area contributed by atoms with E-state index in [0.717, 1.165) is 16.3 Å². The largest absolute Gasteiger partial charge is 0.467 e. The second kappa shape index (κ2) is 6.06. The molecule has 0 atom stereocenters. The van der Waals surface area contributed by atoms with E-state index in [9.17, 15) is 18.0 Å². The summed E-state index contributed by atoms with van der Waals surface area (Å²) in [6.07, 6.45) is -4.62. The minimum absolute atomic E-state index is 0.209. The van der Waals surface area contributed by atoms with Crippen LogP contribution in [-0.4, -0.2) is 22.3 Å². The second-order valence-electron chi connectivity index (χ2n) is 4.47. The number of hydrogen-bond donors (Lipinski definition) is 2. The maximum atomic E-state index is 12.8. The summed E-state index contributed by atoms with van der Waals surface area (Å²) < 4.78 is 44.4. The Morgan fingerprint density at radius 3 is 2.55 bits per heavy atom. The van der Waals surface area contributed by atoms with Crippen molar-refractivity contribution in [2.75, 3.05) is 6.61 Å². The van der Waals surface area contributed by atoms with Gasteiger partial charge < -0.3 is 4.74 Å². The third-order valence-corrected chi connectivity index (χ3v) is 2.76. The molecule has 1 aromatic carbocycles. The molecule has 0 saturated heterocycles. The molecular formula is C13H13F3N4O2. The van der Waals surface area contributed by atoms with Crippen molar-refractivity contribution in [2.45, 2.75) is 13.1 Å². The average molecular weight is 314 g/mol. The van der Waals surface area contributed by atoms with Gasteiger partial charge in [0.25, 0.3) is 5.91 Å². The van der Waals surface area contributed by atoms with E-state index in [1.165, 1.54) is 0 Å². The molecule has 0 unspecified atom stereocenters. The van der Waals surface area contributed by atoms with Crippen LogP contribution in [0.25, 0.3) is 5.69 Å². The van der Waals surface area contributed by atoms with Crippen LogP contribution in [0.2, 0.25) is 0 Å². The minimum atomic E-state index is -4.62. The lowest BCUT2D eigenvalue weighted by atomic mass is 10.2. The fourth-order valence-electron chi connectivity index (χ4n) is 1.66. The van der Waals surface area contributed by atoms with Crippen LogP contribution in [0.15, 0.2) is 30.3 Å². The summed E-state index contributed by atoms with van der Waals surface area (Å²) in [7, 11) is 0. The summed E-state index contributed by atoms with van der Waals surface area (Å²) in [6, 6.07) is 7.36. The van der Waals surface area contributed by atoms with E-state index in [4.69, 9.17) is 10.6 Å². The molecule has 1 heterocycles. The molecule has 3 N–H and O–H groups in total. The molecule has 118 valence electrons. The fraction of sp³-hybridized carbons (Fsp3) is 0.231. The van der Waals surface area contributed by atoms with E-state index in [1.54, 1.807) is 24.3 Å². The molecule has 0 saturated carbocycles. The van der Waals surface area contributed by atoms with Gasteiger partial charge in [-0.2, -0.15) is 18.3 Å². The first-order valence-corrected chi connectivity index (χ1v) is 6.18. The number of nitrogens with one attached hydrogen (secondary N) is 1. The summed E-state index contributed by atoms with van der Waals surface area (Å²) in [4.78, 5) is 11.1. The fourth-order valence-corrected chi connectivity index (χ4v) is 1.66. The number of aryl methyl sites for hydroxylation is 1. The maximum Gasteiger partial charge on any atom is 0.435 e. The van der Waals surface area contributed by atoms with Crippen molar-refractivity contribution >= 4 is 5.91 Å². The topological polar surface area (TPSA) is 82.2 Å². The first kappa shape index (κ1) is 15.8. The number of carbonyl (C=O) groups is 1. The van der Waals surface area contributed by atoms with Gasteiger partial charge in [0.2, 0.25) is 5.88 Å². The number of nitrogens with two attached hydrogens (primary N) is 1. The lowest BCUT2D eigenvalue weighted by molar-refractivity contribution is -0.141. The number of nitrogens with zero attached hydrogens (tertiary/aromatic N) is 2. The van der Waals surface area contributed by atoms with E-state index < -0.39 is 24.4 Å². The molecular weight excluding hydrogens is 301 g/mol.